The van der Waals surface area contributed by atoms with E-state index in [0.29, 0.717) is 18.0 Å². The first-order valence-electron chi connectivity index (χ1n) is 6.12. The highest BCUT2D eigenvalue weighted by Gasteiger charge is 2.37. The lowest BCUT2D eigenvalue weighted by atomic mass is 9.94. The van der Waals surface area contributed by atoms with Crippen molar-refractivity contribution in [2.45, 2.75) is 37.8 Å². The minimum atomic E-state index is 0.161. The summed E-state index contributed by atoms with van der Waals surface area (Å²) < 4.78 is 0. The molecule has 1 saturated carbocycles. The molecule has 4 heteroatoms. The van der Waals surface area contributed by atoms with Crippen molar-refractivity contribution in [2.24, 2.45) is 5.92 Å². The highest BCUT2D eigenvalue weighted by molar-refractivity contribution is 5.75. The number of fused-ring (bicyclic) bond motifs is 1. The number of nitrogens with one attached hydrogen (secondary N) is 2. The van der Waals surface area contributed by atoms with Gasteiger partial charge < -0.3 is 15.5 Å². The molecule has 0 aromatic heterocycles. The molecule has 1 aliphatic carbocycles. The largest absolute Gasteiger partial charge is 0.335 e. The van der Waals surface area contributed by atoms with Gasteiger partial charge in [-0.2, -0.15) is 0 Å². The van der Waals surface area contributed by atoms with Crippen LogP contribution in [0.4, 0.5) is 4.79 Å². The fraction of sp³-hybridized carbons (Fsp3) is 0.909. The van der Waals surface area contributed by atoms with Gasteiger partial charge in [-0.15, -0.1) is 0 Å². The van der Waals surface area contributed by atoms with E-state index >= 15 is 0 Å². The molecule has 0 unspecified atom stereocenters. The number of carbonyl (C=O) groups is 1. The van der Waals surface area contributed by atoms with Crippen LogP contribution in [-0.4, -0.2) is 42.6 Å². The molecule has 0 spiro atoms. The minimum Gasteiger partial charge on any atom is -0.335 e. The number of likely N-dealkylation sites (tertiary alicyclic amines) is 1. The third-order valence-electron chi connectivity index (χ3n) is 3.79. The molecule has 2 amide bonds. The van der Waals surface area contributed by atoms with E-state index in [2.05, 4.69) is 10.6 Å². The molecule has 84 valence electrons. The fourth-order valence-corrected chi connectivity index (χ4v) is 2.71. The van der Waals surface area contributed by atoms with Crippen molar-refractivity contribution in [2.75, 3.05) is 19.6 Å². The van der Waals surface area contributed by atoms with Crippen LogP contribution in [-0.2, 0) is 0 Å². The molecule has 0 radical (unpaired) electrons. The summed E-state index contributed by atoms with van der Waals surface area (Å²) >= 11 is 0. The highest BCUT2D eigenvalue weighted by atomic mass is 16.2. The molecule has 2 saturated heterocycles. The second kappa shape index (κ2) is 3.67. The van der Waals surface area contributed by atoms with Crippen molar-refractivity contribution in [1.82, 2.24) is 15.5 Å². The van der Waals surface area contributed by atoms with Crippen LogP contribution < -0.4 is 10.6 Å². The van der Waals surface area contributed by atoms with Crippen LogP contribution in [0.1, 0.15) is 25.7 Å². The van der Waals surface area contributed by atoms with Crippen molar-refractivity contribution in [3.05, 3.63) is 0 Å². The van der Waals surface area contributed by atoms with E-state index in [1.54, 1.807) is 0 Å². The standard InChI is InChI=1S/C11H19N3O/c15-11(13-9-3-4-9)14-6-8-2-1-5-12-10(8)7-14/h8-10,12H,1-7H2,(H,13,15)/t8-,10+/m1/s1. The van der Waals surface area contributed by atoms with Gasteiger partial charge in [0.05, 0.1) is 0 Å². The number of nitrogens with zero attached hydrogens (tertiary/aromatic N) is 1. The Morgan fingerprint density at radius 1 is 1.27 bits per heavy atom. The zero-order valence-electron chi connectivity index (χ0n) is 9.04. The predicted octanol–water partition coefficient (Wildman–Crippen LogP) is 0.542. The number of amides is 2. The lowest BCUT2D eigenvalue weighted by molar-refractivity contribution is 0.206. The lowest BCUT2D eigenvalue weighted by Crippen LogP contribution is -2.42. The van der Waals surface area contributed by atoms with Crippen LogP contribution in [0.5, 0.6) is 0 Å². The van der Waals surface area contributed by atoms with Crippen LogP contribution in [0.3, 0.4) is 0 Å². The quantitative estimate of drug-likeness (QED) is 0.662. The Hall–Kier alpha value is -0.770. The van der Waals surface area contributed by atoms with Gasteiger partial charge in [0.15, 0.2) is 0 Å². The molecule has 3 fully saturated rings. The molecule has 15 heavy (non-hydrogen) atoms. The normalized spacial score (nSPS) is 35.1. The Labute approximate surface area is 90.4 Å². The molecule has 0 aromatic carbocycles. The summed E-state index contributed by atoms with van der Waals surface area (Å²) in [6.45, 7) is 2.98. The molecule has 2 heterocycles. The van der Waals surface area contributed by atoms with E-state index in [0.717, 1.165) is 19.6 Å². The SMILES string of the molecule is O=C(NC1CC1)N1C[C@H]2CCCN[C@H]2C1. The zero-order chi connectivity index (χ0) is 10.3. The smallest absolute Gasteiger partial charge is 0.317 e. The third-order valence-corrected chi connectivity index (χ3v) is 3.79. The Morgan fingerprint density at radius 3 is 2.87 bits per heavy atom. The van der Waals surface area contributed by atoms with Crippen molar-refractivity contribution in [3.8, 4) is 0 Å². The maximum Gasteiger partial charge on any atom is 0.317 e. The summed E-state index contributed by atoms with van der Waals surface area (Å²) in [7, 11) is 0. The van der Waals surface area contributed by atoms with Gasteiger partial charge in [0.25, 0.3) is 0 Å². The van der Waals surface area contributed by atoms with Crippen molar-refractivity contribution >= 4 is 6.03 Å². The first-order chi connectivity index (χ1) is 7.33. The number of rotatable bonds is 1. The van der Waals surface area contributed by atoms with Crippen LogP contribution in [0.25, 0.3) is 0 Å². The van der Waals surface area contributed by atoms with E-state index in [-0.39, 0.29) is 6.03 Å². The van der Waals surface area contributed by atoms with Gasteiger partial charge in [-0.05, 0) is 38.1 Å². The van der Waals surface area contributed by atoms with Gasteiger partial charge in [-0.3, -0.25) is 0 Å². The van der Waals surface area contributed by atoms with Gasteiger partial charge in [0.2, 0.25) is 0 Å². The maximum absolute atomic E-state index is 11.8. The molecule has 0 aromatic rings. The summed E-state index contributed by atoms with van der Waals surface area (Å²) in [4.78, 5) is 13.8. The maximum atomic E-state index is 11.8. The second-order valence-corrected chi connectivity index (χ2v) is 5.09. The number of hydrogen-bond donors (Lipinski definition) is 2. The molecule has 3 rings (SSSR count). The lowest BCUT2D eigenvalue weighted by Gasteiger charge is -2.24. The summed E-state index contributed by atoms with van der Waals surface area (Å²) in [6.07, 6.45) is 4.89. The Balaban J connectivity index is 1.56. The van der Waals surface area contributed by atoms with E-state index in [1.165, 1.54) is 25.7 Å². The summed E-state index contributed by atoms with van der Waals surface area (Å²) in [5.74, 6) is 0.698. The van der Waals surface area contributed by atoms with Crippen molar-refractivity contribution in [1.29, 1.82) is 0 Å². The van der Waals surface area contributed by atoms with Crippen LogP contribution in [0.2, 0.25) is 0 Å². The Bertz CT molecular complexity index is 251. The van der Waals surface area contributed by atoms with Gasteiger partial charge >= 0.3 is 6.03 Å². The number of urea groups is 1. The van der Waals surface area contributed by atoms with Crippen LogP contribution >= 0.6 is 0 Å². The number of carbonyl (C=O) groups excluding carboxylic acids is 1. The molecule has 4 nitrogen and oxygen atoms in total. The van der Waals surface area contributed by atoms with Crippen LogP contribution in [0, 0.1) is 5.92 Å². The monoisotopic (exact) mass is 209 g/mol. The minimum absolute atomic E-state index is 0.161. The van der Waals surface area contributed by atoms with Gasteiger partial charge in [-0.1, -0.05) is 0 Å². The number of hydrogen-bond acceptors (Lipinski definition) is 2. The highest BCUT2D eigenvalue weighted by Crippen LogP contribution is 2.25. The average molecular weight is 209 g/mol. The molecular formula is C11H19N3O. The first-order valence-corrected chi connectivity index (χ1v) is 6.12. The summed E-state index contributed by atoms with van der Waals surface area (Å²) in [5, 5.41) is 6.58. The topological polar surface area (TPSA) is 44.4 Å². The van der Waals surface area contributed by atoms with E-state index < -0.39 is 0 Å². The molecule has 3 aliphatic rings. The van der Waals surface area contributed by atoms with Crippen molar-refractivity contribution in [3.63, 3.8) is 0 Å². The second-order valence-electron chi connectivity index (χ2n) is 5.09. The van der Waals surface area contributed by atoms with E-state index in [1.807, 2.05) is 4.90 Å². The van der Waals surface area contributed by atoms with Gasteiger partial charge in [-0.25, -0.2) is 4.79 Å². The molecule has 0 bridgehead atoms. The van der Waals surface area contributed by atoms with Gasteiger partial charge in [0, 0.05) is 25.2 Å². The Kier molecular flexibility index (Phi) is 2.31. The van der Waals surface area contributed by atoms with Crippen LogP contribution in [0.15, 0.2) is 0 Å². The first kappa shape index (κ1) is 9.46. The molecular weight excluding hydrogens is 190 g/mol. The molecule has 2 aliphatic heterocycles. The van der Waals surface area contributed by atoms with Crippen molar-refractivity contribution < 1.29 is 4.79 Å². The Morgan fingerprint density at radius 2 is 2.13 bits per heavy atom. The summed E-state index contributed by atoms with van der Waals surface area (Å²) in [5.41, 5.74) is 0. The van der Waals surface area contributed by atoms with E-state index in [9.17, 15) is 4.79 Å². The fourth-order valence-electron chi connectivity index (χ4n) is 2.71. The number of piperidine rings is 1. The third kappa shape index (κ3) is 1.95. The molecule has 2 atom stereocenters. The summed E-state index contributed by atoms with van der Waals surface area (Å²) in [6, 6.07) is 1.20. The van der Waals surface area contributed by atoms with E-state index in [4.69, 9.17) is 0 Å². The average Bonchev–Trinajstić information content (AvgIpc) is 2.95. The molecule has 2 N–H and O–H groups in total. The van der Waals surface area contributed by atoms with Gasteiger partial charge in [0.1, 0.15) is 0 Å². The zero-order valence-corrected chi connectivity index (χ0v) is 9.04. The predicted molar refractivity (Wildman–Crippen MR) is 57.6 cm³/mol.